The lowest BCUT2D eigenvalue weighted by atomic mass is 10.1. The number of amides is 1. The number of hydrogen-bond donors (Lipinski definition) is 1. The molecule has 0 atom stereocenters. The number of nitrogens with one attached hydrogen (secondary N) is 1. The first kappa shape index (κ1) is 15.4. The molecule has 0 unspecified atom stereocenters. The molecule has 0 aliphatic carbocycles. The van der Waals surface area contributed by atoms with Crippen LogP contribution < -0.4 is 10.1 Å². The van der Waals surface area contributed by atoms with Gasteiger partial charge in [-0.15, -0.1) is 21.5 Å². The monoisotopic (exact) mass is 305 g/mol. The van der Waals surface area contributed by atoms with Crippen molar-refractivity contribution < 1.29 is 9.53 Å². The van der Waals surface area contributed by atoms with Gasteiger partial charge in [-0.05, 0) is 37.1 Å². The molecule has 0 aliphatic rings. The molecule has 0 saturated heterocycles. The van der Waals surface area contributed by atoms with Gasteiger partial charge in [-0.2, -0.15) is 0 Å². The molecule has 1 N–H and O–H groups in total. The molecule has 0 bridgehead atoms. The van der Waals surface area contributed by atoms with Gasteiger partial charge in [0.05, 0.1) is 13.0 Å². The second-order valence-corrected chi connectivity index (χ2v) is 5.69. The first-order valence-corrected chi connectivity index (χ1v) is 7.75. The average molecular weight is 305 g/mol. The van der Waals surface area contributed by atoms with Gasteiger partial charge in [0.15, 0.2) is 0 Å². The molecule has 0 saturated carbocycles. The van der Waals surface area contributed by atoms with E-state index in [9.17, 15) is 4.79 Å². The number of carbonyl (C=O) groups excluding carboxylic acids is 1. The van der Waals surface area contributed by atoms with Gasteiger partial charge in [0.2, 0.25) is 5.91 Å². The van der Waals surface area contributed by atoms with Crippen molar-refractivity contribution in [3.05, 3.63) is 39.8 Å². The van der Waals surface area contributed by atoms with Gasteiger partial charge in [-0.1, -0.05) is 6.07 Å². The van der Waals surface area contributed by atoms with Crippen LogP contribution in [0.1, 0.15) is 22.6 Å². The summed E-state index contributed by atoms with van der Waals surface area (Å²) >= 11 is 1.49. The second kappa shape index (κ2) is 7.73. The Hall–Kier alpha value is -1.95. The van der Waals surface area contributed by atoms with Crippen LogP contribution in [0.3, 0.4) is 0 Å². The Morgan fingerprint density at radius 2 is 2.19 bits per heavy atom. The van der Waals surface area contributed by atoms with Gasteiger partial charge in [-0.25, -0.2) is 0 Å². The summed E-state index contributed by atoms with van der Waals surface area (Å²) in [4.78, 5) is 11.7. The van der Waals surface area contributed by atoms with Gasteiger partial charge in [0.1, 0.15) is 16.3 Å². The fourth-order valence-corrected chi connectivity index (χ4v) is 2.30. The van der Waals surface area contributed by atoms with Gasteiger partial charge < -0.3 is 10.1 Å². The van der Waals surface area contributed by atoms with E-state index >= 15 is 0 Å². The third kappa shape index (κ3) is 5.15. The molecule has 0 spiro atoms. The van der Waals surface area contributed by atoms with Crippen LogP contribution in [0.5, 0.6) is 5.75 Å². The first-order chi connectivity index (χ1) is 10.1. The zero-order valence-electron chi connectivity index (χ0n) is 12.3. The molecule has 1 aromatic carbocycles. The number of ether oxygens (including phenoxy) is 1. The van der Waals surface area contributed by atoms with Gasteiger partial charge in [-0.3, -0.25) is 4.79 Å². The normalized spacial score (nSPS) is 10.4. The van der Waals surface area contributed by atoms with E-state index in [2.05, 4.69) is 22.4 Å². The summed E-state index contributed by atoms with van der Waals surface area (Å²) in [5.41, 5.74) is 4.11. The number of aryl methyl sites for hydroxylation is 2. The van der Waals surface area contributed by atoms with E-state index < -0.39 is 0 Å². The van der Waals surface area contributed by atoms with Gasteiger partial charge in [0.25, 0.3) is 0 Å². The maximum absolute atomic E-state index is 11.7. The number of benzene rings is 1. The third-order valence-corrected chi connectivity index (χ3v) is 3.90. The molecule has 2 aromatic rings. The average Bonchev–Trinajstić information content (AvgIpc) is 2.96. The van der Waals surface area contributed by atoms with E-state index in [4.69, 9.17) is 4.74 Å². The Balaban J connectivity index is 1.63. The molecule has 1 heterocycles. The zero-order chi connectivity index (χ0) is 15.1. The minimum absolute atomic E-state index is 0.0108. The summed E-state index contributed by atoms with van der Waals surface area (Å²) in [5, 5.41) is 11.5. The lowest BCUT2D eigenvalue weighted by molar-refractivity contribution is -0.121. The summed E-state index contributed by atoms with van der Waals surface area (Å²) in [6, 6.07) is 5.94. The van der Waals surface area contributed by atoms with E-state index in [1.165, 1.54) is 22.5 Å². The van der Waals surface area contributed by atoms with Crippen molar-refractivity contribution in [3.8, 4) is 5.75 Å². The Bertz CT molecular complexity index is 585. The molecule has 1 aromatic heterocycles. The highest BCUT2D eigenvalue weighted by Crippen LogP contribution is 2.16. The highest BCUT2D eigenvalue weighted by molar-refractivity contribution is 7.09. The van der Waals surface area contributed by atoms with Gasteiger partial charge >= 0.3 is 0 Å². The van der Waals surface area contributed by atoms with Crippen LogP contribution in [0.2, 0.25) is 0 Å². The summed E-state index contributed by atoms with van der Waals surface area (Å²) < 4.78 is 5.58. The van der Waals surface area contributed by atoms with Crippen molar-refractivity contribution in [3.63, 3.8) is 0 Å². The Morgan fingerprint density at radius 3 is 2.90 bits per heavy atom. The van der Waals surface area contributed by atoms with E-state index in [0.29, 0.717) is 26.0 Å². The van der Waals surface area contributed by atoms with Crippen molar-refractivity contribution in [1.82, 2.24) is 15.5 Å². The molecule has 0 fully saturated rings. The molecule has 1 amide bonds. The van der Waals surface area contributed by atoms with Crippen LogP contribution >= 0.6 is 11.3 Å². The third-order valence-electron chi connectivity index (χ3n) is 3.14. The largest absolute Gasteiger partial charge is 0.493 e. The van der Waals surface area contributed by atoms with Crippen LogP contribution in [0.25, 0.3) is 0 Å². The van der Waals surface area contributed by atoms with Gasteiger partial charge in [0, 0.05) is 13.0 Å². The first-order valence-electron chi connectivity index (χ1n) is 6.87. The highest BCUT2D eigenvalue weighted by atomic mass is 32.1. The minimum atomic E-state index is -0.0108. The van der Waals surface area contributed by atoms with Crippen LogP contribution in [0.15, 0.2) is 23.7 Å². The maximum atomic E-state index is 11.7. The van der Waals surface area contributed by atoms with Crippen molar-refractivity contribution in [1.29, 1.82) is 0 Å². The summed E-state index contributed by atoms with van der Waals surface area (Å²) in [6.07, 6.45) is 1.07. The molecular formula is C15H19N3O2S. The highest BCUT2D eigenvalue weighted by Gasteiger charge is 2.03. The summed E-state index contributed by atoms with van der Waals surface area (Å²) in [5.74, 6) is 0.795. The maximum Gasteiger partial charge on any atom is 0.223 e. The Labute approximate surface area is 128 Å². The molecule has 0 radical (unpaired) electrons. The van der Waals surface area contributed by atoms with E-state index in [1.807, 2.05) is 25.1 Å². The number of rotatable bonds is 7. The SMILES string of the molecule is Cc1ccc(OCCC(=O)NCCc2nncs2)cc1C. The summed E-state index contributed by atoms with van der Waals surface area (Å²) in [6.45, 7) is 5.07. The molecule has 112 valence electrons. The van der Waals surface area contributed by atoms with E-state index in [0.717, 1.165) is 10.8 Å². The Kier molecular flexibility index (Phi) is 5.68. The van der Waals surface area contributed by atoms with Crippen LogP contribution in [-0.2, 0) is 11.2 Å². The number of carbonyl (C=O) groups is 1. The summed E-state index contributed by atoms with van der Waals surface area (Å²) in [7, 11) is 0. The van der Waals surface area contributed by atoms with E-state index in [-0.39, 0.29) is 5.91 Å². The van der Waals surface area contributed by atoms with E-state index in [1.54, 1.807) is 5.51 Å². The lowest BCUT2D eigenvalue weighted by Gasteiger charge is -2.08. The van der Waals surface area contributed by atoms with Crippen molar-refractivity contribution in [2.45, 2.75) is 26.7 Å². The zero-order valence-corrected chi connectivity index (χ0v) is 13.1. The second-order valence-electron chi connectivity index (χ2n) is 4.78. The Morgan fingerprint density at radius 1 is 1.33 bits per heavy atom. The smallest absolute Gasteiger partial charge is 0.223 e. The minimum Gasteiger partial charge on any atom is -0.493 e. The van der Waals surface area contributed by atoms with Crippen LogP contribution in [-0.4, -0.2) is 29.3 Å². The molecule has 5 nitrogen and oxygen atoms in total. The predicted molar refractivity (Wildman–Crippen MR) is 82.7 cm³/mol. The molecule has 6 heteroatoms. The van der Waals surface area contributed by atoms with Crippen LogP contribution in [0, 0.1) is 13.8 Å². The topological polar surface area (TPSA) is 64.1 Å². The fraction of sp³-hybridized carbons (Fsp3) is 0.400. The molecule has 0 aliphatic heterocycles. The van der Waals surface area contributed by atoms with Crippen molar-refractivity contribution in [2.75, 3.05) is 13.2 Å². The van der Waals surface area contributed by atoms with Crippen LogP contribution in [0.4, 0.5) is 0 Å². The number of hydrogen-bond acceptors (Lipinski definition) is 5. The van der Waals surface area contributed by atoms with Crippen molar-refractivity contribution in [2.24, 2.45) is 0 Å². The predicted octanol–water partition coefficient (Wildman–Crippen LogP) is 2.28. The fourth-order valence-electron chi connectivity index (χ4n) is 1.77. The molecular weight excluding hydrogens is 286 g/mol. The number of aromatic nitrogens is 2. The molecule has 2 rings (SSSR count). The number of nitrogens with zero attached hydrogens (tertiary/aromatic N) is 2. The standard InChI is InChI=1S/C15H19N3O2S/c1-11-3-4-13(9-12(11)2)20-8-6-14(19)16-7-5-15-18-17-10-21-15/h3-4,9-10H,5-8H2,1-2H3,(H,16,19). The quantitative estimate of drug-likeness (QED) is 0.852. The molecule has 21 heavy (non-hydrogen) atoms. The van der Waals surface area contributed by atoms with Crippen molar-refractivity contribution >= 4 is 17.2 Å². The lowest BCUT2D eigenvalue weighted by Crippen LogP contribution is -2.27.